The van der Waals surface area contributed by atoms with Gasteiger partial charge in [-0.15, -0.1) is 23.1 Å². The Kier molecular flexibility index (Phi) is 5.22. The van der Waals surface area contributed by atoms with Crippen molar-refractivity contribution in [2.24, 2.45) is 0 Å². The summed E-state index contributed by atoms with van der Waals surface area (Å²) in [6.07, 6.45) is 4.05. The number of hydrogen-bond acceptors (Lipinski definition) is 4. The van der Waals surface area contributed by atoms with Crippen molar-refractivity contribution in [3.8, 4) is 0 Å². The molecule has 3 nitrogen and oxygen atoms in total. The number of halogens is 1. The molecular formula is C20H19FN2OS2. The first-order valence-electron chi connectivity index (χ1n) is 8.73. The molecule has 0 saturated heterocycles. The highest BCUT2D eigenvalue weighted by atomic mass is 32.2. The molecule has 2 heterocycles. The van der Waals surface area contributed by atoms with E-state index in [9.17, 15) is 9.18 Å². The second-order valence-corrected chi connectivity index (χ2v) is 8.37. The van der Waals surface area contributed by atoms with Crippen LogP contribution in [0.4, 0.5) is 4.39 Å². The molecule has 0 atom stereocenters. The van der Waals surface area contributed by atoms with Crippen LogP contribution in [0.1, 0.15) is 34.5 Å². The van der Waals surface area contributed by atoms with E-state index in [1.807, 2.05) is 28.1 Å². The lowest BCUT2D eigenvalue weighted by atomic mass is 9.97. The van der Waals surface area contributed by atoms with E-state index in [-0.39, 0.29) is 11.5 Å². The van der Waals surface area contributed by atoms with E-state index in [0.29, 0.717) is 17.9 Å². The lowest BCUT2D eigenvalue weighted by molar-refractivity contribution is 0.571. The predicted molar refractivity (Wildman–Crippen MR) is 105 cm³/mol. The number of hydrogen-bond donors (Lipinski definition) is 0. The fourth-order valence-corrected chi connectivity index (χ4v) is 5.11. The SMILES string of the molecule is O=c1nc(SCc2ccccc2F)c2c(n1Cc1cccs1)CCCC2. The molecule has 1 aliphatic carbocycles. The first-order valence-corrected chi connectivity index (χ1v) is 10.6. The highest BCUT2D eigenvalue weighted by molar-refractivity contribution is 7.98. The van der Waals surface area contributed by atoms with Gasteiger partial charge in [-0.3, -0.25) is 4.57 Å². The van der Waals surface area contributed by atoms with Crippen molar-refractivity contribution in [1.82, 2.24) is 9.55 Å². The fraction of sp³-hybridized carbons (Fsp3) is 0.300. The summed E-state index contributed by atoms with van der Waals surface area (Å²) >= 11 is 3.13. The van der Waals surface area contributed by atoms with Crippen LogP contribution >= 0.6 is 23.1 Å². The zero-order valence-corrected chi connectivity index (χ0v) is 15.9. The van der Waals surface area contributed by atoms with Crippen molar-refractivity contribution in [3.63, 3.8) is 0 Å². The quantitative estimate of drug-likeness (QED) is 0.472. The van der Waals surface area contributed by atoms with Crippen molar-refractivity contribution in [1.29, 1.82) is 0 Å². The molecule has 2 aromatic heterocycles. The van der Waals surface area contributed by atoms with E-state index in [4.69, 9.17) is 0 Å². The van der Waals surface area contributed by atoms with Gasteiger partial charge in [-0.05, 0) is 48.8 Å². The van der Waals surface area contributed by atoms with E-state index in [0.717, 1.165) is 41.3 Å². The van der Waals surface area contributed by atoms with Crippen LogP contribution in [0.2, 0.25) is 0 Å². The van der Waals surface area contributed by atoms with Crippen molar-refractivity contribution >= 4 is 23.1 Å². The van der Waals surface area contributed by atoms with E-state index in [2.05, 4.69) is 4.98 Å². The molecule has 0 N–H and O–H groups in total. The lowest BCUT2D eigenvalue weighted by Crippen LogP contribution is -2.30. The zero-order valence-electron chi connectivity index (χ0n) is 14.3. The van der Waals surface area contributed by atoms with Crippen LogP contribution in [0, 0.1) is 5.82 Å². The number of thioether (sulfide) groups is 1. The summed E-state index contributed by atoms with van der Waals surface area (Å²) < 4.78 is 15.7. The average Bonchev–Trinajstić information content (AvgIpc) is 3.17. The number of thiophene rings is 1. The van der Waals surface area contributed by atoms with Crippen molar-refractivity contribution in [3.05, 3.63) is 79.8 Å². The first kappa shape index (κ1) is 17.5. The summed E-state index contributed by atoms with van der Waals surface area (Å²) in [5.41, 5.74) is 2.73. The minimum Gasteiger partial charge on any atom is -0.291 e. The Hall–Kier alpha value is -1.92. The molecule has 6 heteroatoms. The predicted octanol–water partition coefficient (Wildman–Crippen LogP) is 4.66. The van der Waals surface area contributed by atoms with Gasteiger partial charge in [0.1, 0.15) is 10.8 Å². The van der Waals surface area contributed by atoms with Crippen LogP contribution in [0.15, 0.2) is 51.6 Å². The molecule has 3 aromatic rings. The van der Waals surface area contributed by atoms with Gasteiger partial charge in [0.05, 0.1) is 6.54 Å². The molecular weight excluding hydrogens is 367 g/mol. The monoisotopic (exact) mass is 386 g/mol. The summed E-state index contributed by atoms with van der Waals surface area (Å²) in [7, 11) is 0. The van der Waals surface area contributed by atoms with E-state index in [1.165, 1.54) is 23.4 Å². The highest BCUT2D eigenvalue weighted by Crippen LogP contribution is 2.31. The third kappa shape index (κ3) is 3.62. The number of nitrogens with zero attached hydrogens (tertiary/aromatic N) is 2. The van der Waals surface area contributed by atoms with Crippen LogP contribution in [0.25, 0.3) is 0 Å². The van der Waals surface area contributed by atoms with Crippen LogP contribution in [0.5, 0.6) is 0 Å². The highest BCUT2D eigenvalue weighted by Gasteiger charge is 2.21. The van der Waals surface area contributed by atoms with E-state index < -0.39 is 0 Å². The third-order valence-corrected chi connectivity index (χ3v) is 6.59. The molecule has 26 heavy (non-hydrogen) atoms. The maximum absolute atomic E-state index is 13.9. The number of aromatic nitrogens is 2. The van der Waals surface area contributed by atoms with Crippen LogP contribution < -0.4 is 5.69 Å². The molecule has 0 radical (unpaired) electrons. The molecule has 1 aliphatic rings. The lowest BCUT2D eigenvalue weighted by Gasteiger charge is -2.22. The molecule has 0 saturated carbocycles. The van der Waals surface area contributed by atoms with Crippen molar-refractivity contribution in [2.75, 3.05) is 0 Å². The molecule has 0 spiro atoms. The van der Waals surface area contributed by atoms with Gasteiger partial charge >= 0.3 is 5.69 Å². The van der Waals surface area contributed by atoms with Gasteiger partial charge in [0, 0.05) is 21.9 Å². The normalized spacial score (nSPS) is 13.6. The zero-order chi connectivity index (χ0) is 17.9. The Morgan fingerprint density at radius 2 is 2.00 bits per heavy atom. The van der Waals surface area contributed by atoms with Crippen LogP contribution in [-0.2, 0) is 25.1 Å². The smallest absolute Gasteiger partial charge is 0.291 e. The number of benzene rings is 1. The Balaban J connectivity index is 1.66. The molecule has 0 aliphatic heterocycles. The standard InChI is InChI=1S/C20H19FN2OS2/c21-17-9-3-1-6-14(17)13-26-19-16-8-2-4-10-18(16)23(20(24)22-19)12-15-7-5-11-25-15/h1,3,5-7,9,11H,2,4,8,10,12-13H2. The minimum absolute atomic E-state index is 0.199. The summed E-state index contributed by atoms with van der Waals surface area (Å²) in [6, 6.07) is 10.8. The summed E-state index contributed by atoms with van der Waals surface area (Å²) in [5.74, 6) is 0.278. The molecule has 0 unspecified atom stereocenters. The second kappa shape index (κ2) is 7.76. The third-order valence-electron chi connectivity index (χ3n) is 4.67. The summed E-state index contributed by atoms with van der Waals surface area (Å²) in [6.45, 7) is 0.587. The van der Waals surface area contributed by atoms with Gasteiger partial charge in [0.25, 0.3) is 0 Å². The average molecular weight is 387 g/mol. The van der Waals surface area contributed by atoms with Gasteiger partial charge in [-0.1, -0.05) is 24.3 Å². The van der Waals surface area contributed by atoms with E-state index >= 15 is 0 Å². The van der Waals surface area contributed by atoms with Gasteiger partial charge in [0.15, 0.2) is 0 Å². The molecule has 4 rings (SSSR count). The topological polar surface area (TPSA) is 34.9 Å². The van der Waals surface area contributed by atoms with E-state index in [1.54, 1.807) is 23.5 Å². The van der Waals surface area contributed by atoms with Gasteiger partial charge < -0.3 is 0 Å². The maximum atomic E-state index is 13.9. The molecule has 0 bridgehead atoms. The molecule has 134 valence electrons. The molecule has 1 aromatic carbocycles. The fourth-order valence-electron chi connectivity index (χ4n) is 3.35. The Morgan fingerprint density at radius 3 is 2.81 bits per heavy atom. The summed E-state index contributed by atoms with van der Waals surface area (Å²) in [4.78, 5) is 18.2. The Bertz CT molecular complexity index is 966. The van der Waals surface area contributed by atoms with Gasteiger partial charge in [-0.25, -0.2) is 9.18 Å². The van der Waals surface area contributed by atoms with Gasteiger partial charge in [0.2, 0.25) is 0 Å². The number of fused-ring (bicyclic) bond motifs is 1. The van der Waals surface area contributed by atoms with Crippen LogP contribution in [0.3, 0.4) is 0 Å². The van der Waals surface area contributed by atoms with Crippen LogP contribution in [-0.4, -0.2) is 9.55 Å². The van der Waals surface area contributed by atoms with Gasteiger partial charge in [-0.2, -0.15) is 4.98 Å². The van der Waals surface area contributed by atoms with Crippen molar-refractivity contribution in [2.45, 2.75) is 43.0 Å². The Labute approximate surface area is 159 Å². The largest absolute Gasteiger partial charge is 0.349 e. The second-order valence-electron chi connectivity index (χ2n) is 6.38. The van der Waals surface area contributed by atoms with Crippen molar-refractivity contribution < 1.29 is 4.39 Å². The maximum Gasteiger partial charge on any atom is 0.349 e. The molecule has 0 amide bonds. The first-order chi connectivity index (χ1) is 12.7. The Morgan fingerprint density at radius 1 is 1.15 bits per heavy atom. The summed E-state index contributed by atoms with van der Waals surface area (Å²) in [5, 5.41) is 2.80. The molecule has 0 fully saturated rings. The minimum atomic E-state index is -0.208. The number of rotatable bonds is 5.